The van der Waals surface area contributed by atoms with Crippen LogP contribution >= 0.6 is 34.4 Å². The number of thiazole rings is 1. The van der Waals surface area contributed by atoms with E-state index in [2.05, 4.69) is 27.4 Å². The molecule has 0 radical (unpaired) electrons. The lowest BCUT2D eigenvalue weighted by molar-refractivity contribution is -0.130. The molecular formula is C20H20FN3OS3. The van der Waals surface area contributed by atoms with Gasteiger partial charge in [-0.25, -0.2) is 9.37 Å². The number of halogens is 1. The van der Waals surface area contributed by atoms with Crippen LogP contribution in [0.5, 0.6) is 0 Å². The average molecular weight is 434 g/mol. The third-order valence-corrected chi connectivity index (χ3v) is 7.49. The molecule has 0 aliphatic carbocycles. The molecule has 0 bridgehead atoms. The molecule has 8 heteroatoms. The molecule has 1 amide bonds. The second kappa shape index (κ2) is 9.17. The van der Waals surface area contributed by atoms with Gasteiger partial charge in [0, 0.05) is 48.5 Å². The molecule has 28 heavy (non-hydrogen) atoms. The minimum Gasteiger partial charge on any atom is -0.339 e. The molecule has 4 nitrogen and oxygen atoms in total. The Morgan fingerprint density at radius 2 is 1.89 bits per heavy atom. The zero-order valence-electron chi connectivity index (χ0n) is 15.2. The first-order valence-electron chi connectivity index (χ1n) is 9.04. The standard InChI is InChI=1S/C20H20FN3OS3/c21-16-5-3-15(4-6-16)18-13-27-20(22-18)28-14-19(25)24-9-7-23(8-10-24)12-17-2-1-11-26-17/h1-6,11,13H,7-10,12,14H2. The van der Waals surface area contributed by atoms with E-state index in [9.17, 15) is 9.18 Å². The van der Waals surface area contributed by atoms with Crippen LogP contribution in [0.3, 0.4) is 0 Å². The highest BCUT2D eigenvalue weighted by Gasteiger charge is 2.21. The van der Waals surface area contributed by atoms with E-state index in [0.29, 0.717) is 5.75 Å². The number of thiophene rings is 1. The molecule has 0 N–H and O–H groups in total. The number of hydrogen-bond acceptors (Lipinski definition) is 6. The Bertz CT molecular complexity index is 903. The van der Waals surface area contributed by atoms with Gasteiger partial charge in [-0.05, 0) is 35.7 Å². The molecule has 146 valence electrons. The summed E-state index contributed by atoms with van der Waals surface area (Å²) in [6, 6.07) is 10.6. The highest BCUT2D eigenvalue weighted by molar-refractivity contribution is 8.01. The van der Waals surface area contributed by atoms with Gasteiger partial charge in [-0.1, -0.05) is 17.8 Å². The maximum absolute atomic E-state index is 13.0. The Hall–Kier alpha value is -1.74. The Morgan fingerprint density at radius 1 is 1.11 bits per heavy atom. The fraction of sp³-hybridized carbons (Fsp3) is 0.300. The van der Waals surface area contributed by atoms with E-state index in [1.165, 1.54) is 40.1 Å². The summed E-state index contributed by atoms with van der Waals surface area (Å²) in [6.07, 6.45) is 0. The third kappa shape index (κ3) is 5.00. The Morgan fingerprint density at radius 3 is 2.61 bits per heavy atom. The van der Waals surface area contributed by atoms with Crippen molar-refractivity contribution in [2.24, 2.45) is 0 Å². The van der Waals surface area contributed by atoms with Gasteiger partial charge >= 0.3 is 0 Å². The van der Waals surface area contributed by atoms with Crippen LogP contribution < -0.4 is 0 Å². The molecule has 1 saturated heterocycles. The first-order valence-corrected chi connectivity index (χ1v) is 11.8. The van der Waals surface area contributed by atoms with Crippen LogP contribution in [0, 0.1) is 5.82 Å². The molecule has 0 unspecified atom stereocenters. The number of aromatic nitrogens is 1. The van der Waals surface area contributed by atoms with Crippen molar-refractivity contribution in [3.63, 3.8) is 0 Å². The molecule has 1 fully saturated rings. The summed E-state index contributed by atoms with van der Waals surface area (Å²) in [5.41, 5.74) is 1.71. The molecule has 1 aliphatic rings. The third-order valence-electron chi connectivity index (χ3n) is 4.63. The number of benzene rings is 1. The van der Waals surface area contributed by atoms with E-state index in [0.717, 1.165) is 48.3 Å². The van der Waals surface area contributed by atoms with Crippen molar-refractivity contribution >= 4 is 40.3 Å². The molecule has 1 aliphatic heterocycles. The minimum absolute atomic E-state index is 0.166. The van der Waals surface area contributed by atoms with Gasteiger partial charge in [0.2, 0.25) is 5.91 Å². The van der Waals surface area contributed by atoms with Gasteiger partial charge in [-0.15, -0.1) is 22.7 Å². The van der Waals surface area contributed by atoms with Crippen molar-refractivity contribution in [2.45, 2.75) is 10.9 Å². The van der Waals surface area contributed by atoms with Crippen molar-refractivity contribution in [2.75, 3.05) is 31.9 Å². The van der Waals surface area contributed by atoms with Crippen LogP contribution in [0.2, 0.25) is 0 Å². The van der Waals surface area contributed by atoms with Gasteiger partial charge in [0.15, 0.2) is 4.34 Å². The van der Waals surface area contributed by atoms with Crippen LogP contribution in [0.4, 0.5) is 4.39 Å². The van der Waals surface area contributed by atoms with Gasteiger partial charge in [0.05, 0.1) is 11.4 Å². The first-order chi connectivity index (χ1) is 13.7. The van der Waals surface area contributed by atoms with Crippen molar-refractivity contribution in [3.8, 4) is 11.3 Å². The van der Waals surface area contributed by atoms with E-state index in [-0.39, 0.29) is 11.7 Å². The van der Waals surface area contributed by atoms with E-state index < -0.39 is 0 Å². The lowest BCUT2D eigenvalue weighted by atomic mass is 10.2. The number of carbonyl (C=O) groups is 1. The molecule has 3 heterocycles. The van der Waals surface area contributed by atoms with Crippen LogP contribution in [-0.2, 0) is 11.3 Å². The van der Waals surface area contributed by atoms with Gasteiger partial charge in [-0.3, -0.25) is 9.69 Å². The molecule has 3 aromatic rings. The highest BCUT2D eigenvalue weighted by atomic mass is 32.2. The molecule has 0 spiro atoms. The number of carbonyl (C=O) groups excluding carboxylic acids is 1. The number of rotatable bonds is 6. The minimum atomic E-state index is -0.255. The van der Waals surface area contributed by atoms with Gasteiger partial charge < -0.3 is 4.90 Å². The zero-order valence-corrected chi connectivity index (χ0v) is 17.7. The predicted octanol–water partition coefficient (Wildman–Crippen LogP) is 4.45. The SMILES string of the molecule is O=C(CSc1nc(-c2ccc(F)cc2)cs1)N1CCN(Cc2cccs2)CC1. The first kappa shape index (κ1) is 19.6. The van der Waals surface area contributed by atoms with Crippen molar-refractivity contribution in [3.05, 3.63) is 57.9 Å². The van der Waals surface area contributed by atoms with Crippen LogP contribution in [0.1, 0.15) is 4.88 Å². The topological polar surface area (TPSA) is 36.4 Å². The number of hydrogen-bond donors (Lipinski definition) is 0. The quantitative estimate of drug-likeness (QED) is 0.538. The highest BCUT2D eigenvalue weighted by Crippen LogP contribution is 2.28. The summed E-state index contributed by atoms with van der Waals surface area (Å²) < 4.78 is 13.9. The maximum atomic E-state index is 13.0. The Labute approximate surface area is 176 Å². The van der Waals surface area contributed by atoms with E-state index in [1.54, 1.807) is 23.5 Å². The largest absolute Gasteiger partial charge is 0.339 e. The molecule has 2 aromatic heterocycles. The van der Waals surface area contributed by atoms with Crippen molar-refractivity contribution < 1.29 is 9.18 Å². The van der Waals surface area contributed by atoms with E-state index >= 15 is 0 Å². The number of thioether (sulfide) groups is 1. The average Bonchev–Trinajstić information content (AvgIpc) is 3.39. The second-order valence-corrected chi connectivity index (χ2v) is 9.64. The summed E-state index contributed by atoms with van der Waals surface area (Å²) in [7, 11) is 0. The number of amides is 1. The Balaban J connectivity index is 1.24. The molecule has 0 saturated carbocycles. The second-order valence-electron chi connectivity index (χ2n) is 6.53. The Kier molecular flexibility index (Phi) is 6.41. The molecule has 0 atom stereocenters. The van der Waals surface area contributed by atoms with Crippen molar-refractivity contribution in [1.82, 2.24) is 14.8 Å². The lowest BCUT2D eigenvalue weighted by Gasteiger charge is -2.34. The normalized spacial score (nSPS) is 15.1. The summed E-state index contributed by atoms with van der Waals surface area (Å²) in [4.78, 5) is 22.8. The summed E-state index contributed by atoms with van der Waals surface area (Å²) in [5.74, 6) is 0.315. The van der Waals surface area contributed by atoms with Crippen LogP contribution in [-0.4, -0.2) is 52.6 Å². The van der Waals surface area contributed by atoms with Gasteiger partial charge in [0.1, 0.15) is 5.82 Å². The summed E-state index contributed by atoms with van der Waals surface area (Å²) in [6.45, 7) is 4.37. The fourth-order valence-electron chi connectivity index (χ4n) is 3.07. The van der Waals surface area contributed by atoms with Gasteiger partial charge in [0.25, 0.3) is 0 Å². The summed E-state index contributed by atoms with van der Waals surface area (Å²) >= 11 is 4.78. The maximum Gasteiger partial charge on any atom is 0.233 e. The van der Waals surface area contributed by atoms with Crippen LogP contribution in [0.15, 0.2) is 51.5 Å². The van der Waals surface area contributed by atoms with Crippen LogP contribution in [0.25, 0.3) is 11.3 Å². The molecule has 1 aromatic carbocycles. The smallest absolute Gasteiger partial charge is 0.233 e. The number of nitrogens with zero attached hydrogens (tertiary/aromatic N) is 3. The number of piperazine rings is 1. The van der Waals surface area contributed by atoms with Gasteiger partial charge in [-0.2, -0.15) is 0 Å². The summed E-state index contributed by atoms with van der Waals surface area (Å²) in [5, 5.41) is 4.05. The van der Waals surface area contributed by atoms with E-state index in [4.69, 9.17) is 0 Å². The predicted molar refractivity (Wildman–Crippen MR) is 114 cm³/mol. The molecule has 4 rings (SSSR count). The zero-order chi connectivity index (χ0) is 19.3. The van der Waals surface area contributed by atoms with Crippen molar-refractivity contribution in [1.29, 1.82) is 0 Å². The lowest BCUT2D eigenvalue weighted by Crippen LogP contribution is -2.48. The van der Waals surface area contributed by atoms with E-state index in [1.807, 2.05) is 10.3 Å². The fourth-order valence-corrected chi connectivity index (χ4v) is 5.55. The monoisotopic (exact) mass is 433 g/mol. The molecular weight excluding hydrogens is 413 g/mol.